The number of aryl methyl sites for hydroxylation is 1. The van der Waals surface area contributed by atoms with Crippen LogP contribution in [0.15, 0.2) is 48.5 Å². The molecule has 1 aliphatic rings. The molecule has 1 aliphatic carbocycles. The van der Waals surface area contributed by atoms with Gasteiger partial charge in [-0.05, 0) is 67.5 Å². The van der Waals surface area contributed by atoms with E-state index >= 15 is 0 Å². The SMILES string of the molecule is O=C(CCCc1ccc(C(F)(F)F)cc1)[C@@H]1CCC[C@H]1C(=O)NCCc1ccc(C(F)(F)F)cc1. The second kappa shape index (κ2) is 11.3. The largest absolute Gasteiger partial charge is 0.416 e. The van der Waals surface area contributed by atoms with Gasteiger partial charge in [-0.3, -0.25) is 9.59 Å². The Hall–Kier alpha value is -2.84. The maximum Gasteiger partial charge on any atom is 0.416 e. The second-order valence-corrected chi connectivity index (χ2v) is 8.89. The molecule has 0 unspecified atom stereocenters. The second-order valence-electron chi connectivity index (χ2n) is 8.89. The Morgan fingerprint density at radius 1 is 0.743 bits per heavy atom. The van der Waals surface area contributed by atoms with E-state index in [9.17, 15) is 35.9 Å². The minimum absolute atomic E-state index is 0.0164. The van der Waals surface area contributed by atoms with Crippen molar-refractivity contribution in [3.63, 3.8) is 0 Å². The van der Waals surface area contributed by atoms with E-state index in [0.717, 1.165) is 36.2 Å². The molecule has 3 rings (SSSR count). The molecule has 0 bridgehead atoms. The summed E-state index contributed by atoms with van der Waals surface area (Å²) in [4.78, 5) is 25.4. The van der Waals surface area contributed by atoms with Crippen LogP contribution in [-0.4, -0.2) is 18.2 Å². The van der Waals surface area contributed by atoms with E-state index in [-0.39, 0.29) is 30.6 Å². The summed E-state index contributed by atoms with van der Waals surface area (Å²) in [6.07, 6.45) is -5.21. The van der Waals surface area contributed by atoms with Gasteiger partial charge in [-0.2, -0.15) is 26.3 Å². The lowest BCUT2D eigenvalue weighted by atomic mass is 9.88. The molecule has 0 aromatic heterocycles. The zero-order valence-electron chi connectivity index (χ0n) is 19.0. The lowest BCUT2D eigenvalue weighted by molar-refractivity contribution is -0.138. The summed E-state index contributed by atoms with van der Waals surface area (Å²) < 4.78 is 75.9. The monoisotopic (exact) mass is 499 g/mol. The number of hydrogen-bond donors (Lipinski definition) is 1. The third-order valence-corrected chi connectivity index (χ3v) is 6.43. The predicted molar refractivity (Wildman–Crippen MR) is 118 cm³/mol. The van der Waals surface area contributed by atoms with Crippen LogP contribution in [0.5, 0.6) is 0 Å². The van der Waals surface area contributed by atoms with Crippen molar-refractivity contribution in [2.24, 2.45) is 11.8 Å². The Bertz CT molecular complexity index is 915. The number of amides is 1. The molecule has 35 heavy (non-hydrogen) atoms. The highest BCUT2D eigenvalue weighted by molar-refractivity contribution is 5.89. The van der Waals surface area contributed by atoms with Crippen molar-refractivity contribution in [2.75, 3.05) is 6.54 Å². The molecule has 0 saturated heterocycles. The first-order valence-electron chi connectivity index (χ1n) is 11.6. The van der Waals surface area contributed by atoms with Gasteiger partial charge in [-0.15, -0.1) is 0 Å². The van der Waals surface area contributed by atoms with Crippen molar-refractivity contribution in [1.29, 1.82) is 0 Å². The van der Waals surface area contributed by atoms with Crippen molar-refractivity contribution in [2.45, 2.75) is 57.3 Å². The number of alkyl halides is 6. The topological polar surface area (TPSA) is 46.2 Å². The molecule has 1 saturated carbocycles. The number of ketones is 1. The Balaban J connectivity index is 1.43. The molecule has 0 radical (unpaired) electrons. The van der Waals surface area contributed by atoms with Gasteiger partial charge < -0.3 is 5.32 Å². The van der Waals surface area contributed by atoms with E-state index in [1.54, 1.807) is 0 Å². The van der Waals surface area contributed by atoms with Crippen LogP contribution in [0.1, 0.15) is 54.4 Å². The van der Waals surface area contributed by atoms with Gasteiger partial charge in [-0.25, -0.2) is 0 Å². The summed E-state index contributed by atoms with van der Waals surface area (Å²) in [5, 5.41) is 2.80. The van der Waals surface area contributed by atoms with Gasteiger partial charge in [0.2, 0.25) is 5.91 Å². The molecule has 2 aromatic carbocycles. The molecule has 2 atom stereocenters. The standard InChI is InChI=1S/C26H27F6NO2/c27-25(28,29)19-11-7-17(8-12-19)3-1-6-23(34)21-4-2-5-22(21)24(35)33-16-15-18-9-13-20(14-10-18)26(30,31)32/h7-14,21-22H,1-6,15-16H2,(H,33,35)/t21-,22-/m1/s1. The van der Waals surface area contributed by atoms with E-state index in [0.29, 0.717) is 37.7 Å². The summed E-state index contributed by atoms with van der Waals surface area (Å²) in [6, 6.07) is 9.66. The van der Waals surface area contributed by atoms with Gasteiger partial charge in [-0.1, -0.05) is 30.7 Å². The third kappa shape index (κ3) is 7.57. The quantitative estimate of drug-likeness (QED) is 0.407. The molecule has 2 aromatic rings. The number of halogens is 6. The average molecular weight is 499 g/mol. The lowest BCUT2D eigenvalue weighted by Crippen LogP contribution is -2.36. The lowest BCUT2D eigenvalue weighted by Gasteiger charge is -2.18. The molecule has 9 heteroatoms. The minimum atomic E-state index is -4.39. The van der Waals surface area contributed by atoms with Crippen molar-refractivity contribution < 1.29 is 35.9 Å². The third-order valence-electron chi connectivity index (χ3n) is 6.43. The van der Waals surface area contributed by atoms with Crippen molar-refractivity contribution >= 4 is 11.7 Å². The summed E-state index contributed by atoms with van der Waals surface area (Å²) in [7, 11) is 0. The van der Waals surface area contributed by atoms with Gasteiger partial charge >= 0.3 is 12.4 Å². The normalized spacial score (nSPS) is 18.5. The fourth-order valence-electron chi connectivity index (χ4n) is 4.49. The Kier molecular flexibility index (Phi) is 8.61. The van der Waals surface area contributed by atoms with E-state index < -0.39 is 29.4 Å². The van der Waals surface area contributed by atoms with Gasteiger partial charge in [0, 0.05) is 24.8 Å². The Labute approximate surface area is 199 Å². The molecule has 1 N–H and O–H groups in total. The highest BCUT2D eigenvalue weighted by Gasteiger charge is 2.37. The molecule has 0 aliphatic heterocycles. The van der Waals surface area contributed by atoms with Crippen LogP contribution in [0, 0.1) is 11.8 Å². The smallest absolute Gasteiger partial charge is 0.356 e. The highest BCUT2D eigenvalue weighted by Crippen LogP contribution is 2.34. The summed E-state index contributed by atoms with van der Waals surface area (Å²) in [6.45, 7) is 0.259. The Morgan fingerprint density at radius 3 is 1.74 bits per heavy atom. The van der Waals surface area contributed by atoms with Gasteiger partial charge in [0.25, 0.3) is 0 Å². The van der Waals surface area contributed by atoms with Gasteiger partial charge in [0.15, 0.2) is 0 Å². The van der Waals surface area contributed by atoms with Crippen LogP contribution < -0.4 is 5.32 Å². The zero-order valence-corrected chi connectivity index (χ0v) is 19.0. The minimum Gasteiger partial charge on any atom is -0.356 e. The van der Waals surface area contributed by atoms with E-state index in [1.165, 1.54) is 24.3 Å². The molecule has 0 spiro atoms. The molecule has 3 nitrogen and oxygen atoms in total. The number of Topliss-reactive ketones (excluding diaryl/α,β-unsaturated/α-hetero) is 1. The number of rotatable bonds is 9. The molecule has 1 amide bonds. The first kappa shape index (κ1) is 26.8. The van der Waals surface area contributed by atoms with Crippen LogP contribution >= 0.6 is 0 Å². The number of carbonyl (C=O) groups is 2. The molecule has 1 fully saturated rings. The molecule has 190 valence electrons. The number of hydrogen-bond acceptors (Lipinski definition) is 2. The molecular weight excluding hydrogens is 472 g/mol. The average Bonchev–Trinajstić information content (AvgIpc) is 3.29. The van der Waals surface area contributed by atoms with Crippen LogP contribution in [0.3, 0.4) is 0 Å². The van der Waals surface area contributed by atoms with Crippen molar-refractivity contribution in [3.05, 3.63) is 70.8 Å². The van der Waals surface area contributed by atoms with Gasteiger partial charge in [0.1, 0.15) is 5.78 Å². The van der Waals surface area contributed by atoms with Crippen LogP contribution in [0.4, 0.5) is 26.3 Å². The van der Waals surface area contributed by atoms with E-state index in [4.69, 9.17) is 0 Å². The van der Waals surface area contributed by atoms with Crippen LogP contribution in [0.2, 0.25) is 0 Å². The van der Waals surface area contributed by atoms with E-state index in [1.807, 2.05) is 0 Å². The zero-order chi connectivity index (χ0) is 25.6. The Morgan fingerprint density at radius 2 is 1.23 bits per heavy atom. The first-order valence-corrected chi connectivity index (χ1v) is 11.6. The van der Waals surface area contributed by atoms with Gasteiger partial charge in [0.05, 0.1) is 11.1 Å². The number of carbonyl (C=O) groups excluding carboxylic acids is 2. The molecule has 0 heterocycles. The fourth-order valence-corrected chi connectivity index (χ4v) is 4.49. The molecular formula is C26H27F6NO2. The summed E-state index contributed by atoms with van der Waals surface area (Å²) in [5.74, 6) is -1.05. The van der Waals surface area contributed by atoms with Crippen molar-refractivity contribution in [1.82, 2.24) is 5.32 Å². The summed E-state index contributed by atoms with van der Waals surface area (Å²) >= 11 is 0. The fraction of sp³-hybridized carbons (Fsp3) is 0.462. The number of nitrogens with one attached hydrogen (secondary N) is 1. The highest BCUT2D eigenvalue weighted by atomic mass is 19.4. The van der Waals surface area contributed by atoms with Crippen LogP contribution in [0.25, 0.3) is 0 Å². The first-order chi connectivity index (χ1) is 16.4. The predicted octanol–water partition coefficient (Wildman–Crippen LogP) is 6.39. The van der Waals surface area contributed by atoms with Crippen LogP contribution in [-0.2, 0) is 34.8 Å². The maximum absolute atomic E-state index is 12.7. The summed E-state index contributed by atoms with van der Waals surface area (Å²) in [5.41, 5.74) is -0.0539. The maximum atomic E-state index is 12.7. The van der Waals surface area contributed by atoms with E-state index in [2.05, 4.69) is 5.32 Å². The van der Waals surface area contributed by atoms with Crippen molar-refractivity contribution in [3.8, 4) is 0 Å². The number of benzene rings is 2.